The lowest BCUT2D eigenvalue weighted by Gasteiger charge is -2.09. The van der Waals surface area contributed by atoms with E-state index >= 15 is 0 Å². The molecule has 0 spiro atoms. The Kier molecular flexibility index (Phi) is 4.65. The normalized spacial score (nSPS) is 9.93. The van der Waals surface area contributed by atoms with Crippen LogP contribution in [0, 0.1) is 0 Å². The molecule has 76 valence electrons. The molecule has 0 amide bonds. The third kappa shape index (κ3) is 3.44. The van der Waals surface area contributed by atoms with Crippen molar-refractivity contribution in [2.24, 2.45) is 0 Å². The van der Waals surface area contributed by atoms with Gasteiger partial charge in [0.2, 0.25) is 0 Å². The third-order valence-corrected chi connectivity index (χ3v) is 2.30. The molecule has 0 aliphatic rings. The zero-order valence-corrected chi connectivity index (χ0v) is 10.6. The van der Waals surface area contributed by atoms with Crippen LogP contribution in [0.15, 0.2) is 33.7 Å². The van der Waals surface area contributed by atoms with Gasteiger partial charge in [0.1, 0.15) is 12.4 Å². The lowest BCUT2D eigenvalue weighted by atomic mass is 10.2. The van der Waals surface area contributed by atoms with E-state index in [2.05, 4.69) is 38.4 Å². The van der Waals surface area contributed by atoms with E-state index in [0.717, 1.165) is 14.5 Å². The molecule has 0 atom stereocenters. The second-order valence-corrected chi connectivity index (χ2v) is 4.75. The molecule has 0 fully saturated rings. The molecule has 0 aliphatic carbocycles. The summed E-state index contributed by atoms with van der Waals surface area (Å²) in [6.07, 6.45) is 0. The fourth-order valence-corrected chi connectivity index (χ4v) is 1.49. The van der Waals surface area contributed by atoms with Crippen molar-refractivity contribution >= 4 is 31.9 Å². The Morgan fingerprint density at radius 2 is 2.21 bits per heavy atom. The number of aliphatic hydroxyl groups excluding tert-OH is 1. The number of ether oxygens (including phenoxy) is 1. The maximum atomic E-state index is 9.07. The maximum Gasteiger partial charge on any atom is 0.125 e. The SMILES string of the molecule is C=C(Br)COc1ccc(Br)cc1CO. The van der Waals surface area contributed by atoms with Gasteiger partial charge in [0.25, 0.3) is 0 Å². The monoisotopic (exact) mass is 320 g/mol. The molecule has 0 unspecified atom stereocenters. The summed E-state index contributed by atoms with van der Waals surface area (Å²) < 4.78 is 7.11. The van der Waals surface area contributed by atoms with E-state index in [4.69, 9.17) is 9.84 Å². The van der Waals surface area contributed by atoms with Crippen molar-refractivity contribution in [2.45, 2.75) is 6.61 Å². The first kappa shape index (κ1) is 11.8. The first-order valence-corrected chi connectivity index (χ1v) is 5.57. The summed E-state index contributed by atoms with van der Waals surface area (Å²) in [6.45, 7) is 4.02. The second kappa shape index (κ2) is 5.53. The molecule has 0 radical (unpaired) electrons. The molecule has 14 heavy (non-hydrogen) atoms. The van der Waals surface area contributed by atoms with Crippen LogP contribution in [0.2, 0.25) is 0 Å². The topological polar surface area (TPSA) is 29.5 Å². The van der Waals surface area contributed by atoms with Gasteiger partial charge in [-0.05, 0) is 18.2 Å². The first-order valence-electron chi connectivity index (χ1n) is 3.99. The zero-order valence-electron chi connectivity index (χ0n) is 7.46. The Labute approximate surface area is 99.8 Å². The third-order valence-electron chi connectivity index (χ3n) is 1.58. The van der Waals surface area contributed by atoms with Gasteiger partial charge in [0, 0.05) is 14.5 Å². The van der Waals surface area contributed by atoms with Crippen LogP contribution in [0.25, 0.3) is 0 Å². The Morgan fingerprint density at radius 1 is 1.50 bits per heavy atom. The predicted molar refractivity (Wildman–Crippen MR) is 63.6 cm³/mol. The molecular weight excluding hydrogens is 312 g/mol. The Morgan fingerprint density at radius 3 is 2.79 bits per heavy atom. The summed E-state index contributed by atoms with van der Waals surface area (Å²) in [5, 5.41) is 9.07. The van der Waals surface area contributed by atoms with Gasteiger partial charge in [-0.2, -0.15) is 0 Å². The molecule has 1 aromatic rings. The van der Waals surface area contributed by atoms with Gasteiger partial charge >= 0.3 is 0 Å². The summed E-state index contributed by atoms with van der Waals surface area (Å²) in [5.41, 5.74) is 0.758. The van der Waals surface area contributed by atoms with Crippen molar-refractivity contribution in [3.8, 4) is 5.75 Å². The zero-order chi connectivity index (χ0) is 10.6. The molecular formula is C10H10Br2O2. The number of benzene rings is 1. The van der Waals surface area contributed by atoms with Gasteiger partial charge in [-0.3, -0.25) is 0 Å². The van der Waals surface area contributed by atoms with Crippen LogP contribution in [-0.4, -0.2) is 11.7 Å². The highest BCUT2D eigenvalue weighted by Crippen LogP contribution is 2.23. The second-order valence-electron chi connectivity index (χ2n) is 2.72. The Bertz CT molecular complexity index is 337. The Hall–Kier alpha value is -0.320. The molecule has 0 aliphatic heterocycles. The van der Waals surface area contributed by atoms with E-state index in [1.54, 1.807) is 0 Å². The number of rotatable bonds is 4. The molecule has 1 aromatic carbocycles. The standard InChI is InChI=1S/C10H10Br2O2/c1-7(11)6-14-10-3-2-9(12)4-8(10)5-13/h2-4,13H,1,5-6H2. The van der Waals surface area contributed by atoms with Crippen molar-refractivity contribution in [3.63, 3.8) is 0 Å². The van der Waals surface area contributed by atoms with Crippen LogP contribution < -0.4 is 4.74 Å². The van der Waals surface area contributed by atoms with Crippen LogP contribution in [0.5, 0.6) is 5.75 Å². The van der Waals surface area contributed by atoms with Crippen LogP contribution in [0.4, 0.5) is 0 Å². The summed E-state index contributed by atoms with van der Waals surface area (Å²) >= 11 is 6.53. The quantitative estimate of drug-likeness (QED) is 0.922. The summed E-state index contributed by atoms with van der Waals surface area (Å²) in [7, 11) is 0. The molecule has 0 bridgehead atoms. The highest BCUT2D eigenvalue weighted by molar-refractivity contribution is 9.11. The van der Waals surface area contributed by atoms with Crippen LogP contribution in [-0.2, 0) is 6.61 Å². The minimum Gasteiger partial charge on any atom is -0.488 e. The molecule has 1 N–H and O–H groups in total. The van der Waals surface area contributed by atoms with Crippen molar-refractivity contribution in [1.82, 2.24) is 0 Å². The molecule has 0 aromatic heterocycles. The van der Waals surface area contributed by atoms with Gasteiger partial charge in [-0.15, -0.1) is 0 Å². The minimum absolute atomic E-state index is 0.0382. The molecule has 2 nitrogen and oxygen atoms in total. The fourth-order valence-electron chi connectivity index (χ4n) is 0.968. The van der Waals surface area contributed by atoms with Crippen molar-refractivity contribution in [3.05, 3.63) is 39.3 Å². The number of halogens is 2. The average Bonchev–Trinajstić information content (AvgIpc) is 2.15. The fraction of sp³-hybridized carbons (Fsp3) is 0.200. The van der Waals surface area contributed by atoms with E-state index in [0.29, 0.717) is 12.4 Å². The molecule has 4 heteroatoms. The lowest BCUT2D eigenvalue weighted by Crippen LogP contribution is -1.99. The van der Waals surface area contributed by atoms with Gasteiger partial charge in [0.05, 0.1) is 6.61 Å². The average molecular weight is 322 g/mol. The van der Waals surface area contributed by atoms with Gasteiger partial charge in [0.15, 0.2) is 0 Å². The predicted octanol–water partition coefficient (Wildman–Crippen LogP) is 3.23. The number of hydrogen-bond acceptors (Lipinski definition) is 2. The van der Waals surface area contributed by atoms with Crippen molar-refractivity contribution in [2.75, 3.05) is 6.61 Å². The van der Waals surface area contributed by atoms with E-state index in [-0.39, 0.29) is 6.61 Å². The molecule has 0 saturated carbocycles. The number of hydrogen-bond donors (Lipinski definition) is 1. The summed E-state index contributed by atoms with van der Waals surface area (Å²) in [6, 6.07) is 5.50. The lowest BCUT2D eigenvalue weighted by molar-refractivity contribution is 0.269. The van der Waals surface area contributed by atoms with E-state index in [9.17, 15) is 0 Å². The molecule has 1 rings (SSSR count). The minimum atomic E-state index is -0.0382. The van der Waals surface area contributed by atoms with E-state index < -0.39 is 0 Å². The van der Waals surface area contributed by atoms with Crippen LogP contribution in [0.3, 0.4) is 0 Å². The van der Waals surface area contributed by atoms with Crippen LogP contribution >= 0.6 is 31.9 Å². The van der Waals surface area contributed by atoms with Crippen LogP contribution in [0.1, 0.15) is 5.56 Å². The number of aliphatic hydroxyl groups is 1. The van der Waals surface area contributed by atoms with E-state index in [1.807, 2.05) is 18.2 Å². The van der Waals surface area contributed by atoms with Crippen molar-refractivity contribution in [1.29, 1.82) is 0 Å². The summed E-state index contributed by atoms with van der Waals surface area (Å²) in [4.78, 5) is 0. The molecule has 0 heterocycles. The van der Waals surface area contributed by atoms with E-state index in [1.165, 1.54) is 0 Å². The smallest absolute Gasteiger partial charge is 0.125 e. The summed E-state index contributed by atoms with van der Waals surface area (Å²) in [5.74, 6) is 0.677. The first-order chi connectivity index (χ1) is 6.63. The van der Waals surface area contributed by atoms with Gasteiger partial charge in [-0.1, -0.05) is 38.4 Å². The van der Waals surface area contributed by atoms with Gasteiger partial charge < -0.3 is 9.84 Å². The maximum absolute atomic E-state index is 9.07. The highest BCUT2D eigenvalue weighted by Gasteiger charge is 2.03. The van der Waals surface area contributed by atoms with Gasteiger partial charge in [-0.25, -0.2) is 0 Å². The highest BCUT2D eigenvalue weighted by atomic mass is 79.9. The largest absolute Gasteiger partial charge is 0.488 e. The molecule has 0 saturated heterocycles. The van der Waals surface area contributed by atoms with Crippen molar-refractivity contribution < 1.29 is 9.84 Å². The Balaban J connectivity index is 2.80.